The highest BCUT2D eigenvalue weighted by atomic mass is 16.4. The van der Waals surface area contributed by atoms with Crippen LogP contribution in [0.1, 0.15) is 30.5 Å². The fraction of sp³-hybridized carbons (Fsp3) is 0.474. The lowest BCUT2D eigenvalue weighted by Crippen LogP contribution is -2.62. The first-order chi connectivity index (χ1) is 12.2. The highest BCUT2D eigenvalue weighted by molar-refractivity contribution is 5.90. The second-order valence-electron chi connectivity index (χ2n) is 6.94. The van der Waals surface area contributed by atoms with E-state index in [1.54, 1.807) is 6.20 Å². The Morgan fingerprint density at radius 3 is 2.76 bits per heavy atom. The third-order valence-electron chi connectivity index (χ3n) is 5.64. The van der Waals surface area contributed by atoms with Gasteiger partial charge in [0.2, 0.25) is 0 Å². The molecule has 6 heteroatoms. The average molecular weight is 340 g/mol. The van der Waals surface area contributed by atoms with E-state index in [9.17, 15) is 4.79 Å². The molecule has 3 aliphatic heterocycles. The Labute approximate surface area is 147 Å². The van der Waals surface area contributed by atoms with Crippen molar-refractivity contribution in [1.29, 1.82) is 0 Å². The number of hydrogen-bond donors (Lipinski definition) is 2. The first-order valence-corrected chi connectivity index (χ1v) is 8.95. The molecule has 2 aromatic rings. The monoisotopic (exact) mass is 340 g/mol. The van der Waals surface area contributed by atoms with E-state index >= 15 is 0 Å². The van der Waals surface area contributed by atoms with Crippen molar-refractivity contribution in [1.82, 2.24) is 15.2 Å². The first-order valence-electron chi connectivity index (χ1n) is 8.95. The van der Waals surface area contributed by atoms with E-state index in [4.69, 9.17) is 4.42 Å². The number of oxazole rings is 1. The minimum Gasteiger partial charge on any atom is -0.432 e. The Bertz CT molecular complexity index is 762. The molecule has 5 rings (SSSR count). The molecule has 0 radical (unpaired) electrons. The molecule has 1 aromatic carbocycles. The number of para-hydroxylation sites is 1. The van der Waals surface area contributed by atoms with Gasteiger partial charge in [-0.15, -0.1) is 0 Å². The van der Waals surface area contributed by atoms with E-state index in [0.717, 1.165) is 37.2 Å². The Hall–Kier alpha value is -2.34. The van der Waals surface area contributed by atoms with Crippen molar-refractivity contribution in [2.24, 2.45) is 5.92 Å². The van der Waals surface area contributed by atoms with Crippen molar-refractivity contribution in [2.45, 2.75) is 31.8 Å². The molecular formula is C19H24N4O2. The van der Waals surface area contributed by atoms with Gasteiger partial charge in [-0.3, -0.25) is 9.69 Å². The summed E-state index contributed by atoms with van der Waals surface area (Å²) in [5.74, 6) is 1.06. The van der Waals surface area contributed by atoms with Crippen LogP contribution in [0, 0.1) is 5.92 Å². The van der Waals surface area contributed by atoms with Crippen LogP contribution in [-0.2, 0) is 0 Å². The number of piperidine rings is 3. The van der Waals surface area contributed by atoms with E-state index in [0.29, 0.717) is 17.7 Å². The predicted octanol–water partition coefficient (Wildman–Crippen LogP) is 2.60. The van der Waals surface area contributed by atoms with Crippen molar-refractivity contribution >= 4 is 11.6 Å². The van der Waals surface area contributed by atoms with Gasteiger partial charge in [0, 0.05) is 30.4 Å². The first kappa shape index (κ1) is 16.1. The number of fused-ring (bicyclic) bond motifs is 3. The molecule has 132 valence electrons. The molecule has 0 aliphatic carbocycles. The maximum absolute atomic E-state index is 12.6. The van der Waals surface area contributed by atoms with Crippen LogP contribution in [0.5, 0.6) is 0 Å². The summed E-state index contributed by atoms with van der Waals surface area (Å²) in [6.07, 6.45) is 3.92. The number of nitrogens with one attached hydrogen (secondary N) is 2. The second kappa shape index (κ2) is 6.52. The third-order valence-corrected chi connectivity index (χ3v) is 5.64. The molecule has 2 bridgehead atoms. The largest absolute Gasteiger partial charge is 0.432 e. The van der Waals surface area contributed by atoms with Crippen molar-refractivity contribution in [2.75, 3.05) is 25.5 Å². The molecule has 25 heavy (non-hydrogen) atoms. The SMILES string of the molecule is CNc1ccccc1-c1cnc(C(=O)NC2C3CCN(CC3)C2C)o1. The van der Waals surface area contributed by atoms with Gasteiger partial charge in [-0.25, -0.2) is 4.98 Å². The number of carbonyl (C=O) groups is 1. The third kappa shape index (κ3) is 2.91. The van der Waals surface area contributed by atoms with Gasteiger partial charge in [-0.1, -0.05) is 12.1 Å². The summed E-state index contributed by atoms with van der Waals surface area (Å²) in [4.78, 5) is 19.3. The van der Waals surface area contributed by atoms with Crippen LogP contribution in [-0.4, -0.2) is 48.0 Å². The Morgan fingerprint density at radius 1 is 1.28 bits per heavy atom. The molecule has 3 saturated heterocycles. The zero-order chi connectivity index (χ0) is 17.4. The minimum atomic E-state index is -0.223. The van der Waals surface area contributed by atoms with Gasteiger partial charge in [-0.2, -0.15) is 0 Å². The smallest absolute Gasteiger partial charge is 0.307 e. The molecule has 1 amide bonds. The van der Waals surface area contributed by atoms with Crippen LogP contribution >= 0.6 is 0 Å². The number of aromatic nitrogens is 1. The maximum atomic E-state index is 12.6. The van der Waals surface area contributed by atoms with Crippen LogP contribution in [0.25, 0.3) is 11.3 Å². The summed E-state index contributed by atoms with van der Waals surface area (Å²) in [5.41, 5.74) is 1.84. The van der Waals surface area contributed by atoms with Crippen LogP contribution in [0.3, 0.4) is 0 Å². The molecule has 0 spiro atoms. The molecule has 1 aromatic heterocycles. The summed E-state index contributed by atoms with van der Waals surface area (Å²) in [6, 6.07) is 8.35. The average Bonchev–Trinajstić information content (AvgIpc) is 3.15. The Kier molecular flexibility index (Phi) is 4.21. The van der Waals surface area contributed by atoms with Gasteiger partial charge in [0.1, 0.15) is 0 Å². The van der Waals surface area contributed by atoms with Gasteiger partial charge in [-0.05, 0) is 50.9 Å². The molecule has 2 unspecified atom stereocenters. The Morgan fingerprint density at radius 2 is 2.04 bits per heavy atom. The van der Waals surface area contributed by atoms with Crippen LogP contribution in [0.2, 0.25) is 0 Å². The van der Waals surface area contributed by atoms with Crippen LogP contribution in [0.15, 0.2) is 34.9 Å². The fourth-order valence-electron chi connectivity index (χ4n) is 4.18. The van der Waals surface area contributed by atoms with Gasteiger partial charge >= 0.3 is 5.91 Å². The highest BCUT2D eigenvalue weighted by Crippen LogP contribution is 2.32. The van der Waals surface area contributed by atoms with Crippen LogP contribution < -0.4 is 10.6 Å². The molecule has 2 N–H and O–H groups in total. The van der Waals surface area contributed by atoms with Crippen molar-refractivity contribution in [3.63, 3.8) is 0 Å². The van der Waals surface area contributed by atoms with E-state index in [1.807, 2.05) is 31.3 Å². The summed E-state index contributed by atoms with van der Waals surface area (Å²) in [5, 5.41) is 6.29. The lowest BCUT2D eigenvalue weighted by atomic mass is 9.79. The van der Waals surface area contributed by atoms with E-state index in [1.165, 1.54) is 0 Å². The Balaban J connectivity index is 1.51. The van der Waals surface area contributed by atoms with E-state index in [-0.39, 0.29) is 17.8 Å². The molecule has 6 nitrogen and oxygen atoms in total. The van der Waals surface area contributed by atoms with Crippen LogP contribution in [0.4, 0.5) is 5.69 Å². The van der Waals surface area contributed by atoms with E-state index in [2.05, 4.69) is 27.4 Å². The van der Waals surface area contributed by atoms with E-state index < -0.39 is 0 Å². The molecule has 0 saturated carbocycles. The zero-order valence-corrected chi connectivity index (χ0v) is 14.7. The number of rotatable bonds is 4. The standard InChI is InChI=1S/C19H24N4O2/c1-12-17(13-7-9-23(12)10-8-13)22-18(24)19-21-11-16(25-19)14-5-3-4-6-15(14)20-2/h3-6,11-13,17,20H,7-10H2,1-2H3,(H,22,24). The highest BCUT2D eigenvalue weighted by Gasteiger charge is 2.40. The maximum Gasteiger partial charge on any atom is 0.307 e. The molecule has 2 atom stereocenters. The lowest BCUT2D eigenvalue weighted by molar-refractivity contribution is 0.0210. The number of amides is 1. The summed E-state index contributed by atoms with van der Waals surface area (Å²) < 4.78 is 5.75. The summed E-state index contributed by atoms with van der Waals surface area (Å²) in [7, 11) is 1.86. The second-order valence-corrected chi connectivity index (χ2v) is 6.94. The van der Waals surface area contributed by atoms with Crippen molar-refractivity contribution < 1.29 is 9.21 Å². The molecule has 3 aliphatic rings. The van der Waals surface area contributed by atoms with Crippen molar-refractivity contribution in [3.05, 3.63) is 36.4 Å². The topological polar surface area (TPSA) is 70.4 Å². The number of carbonyl (C=O) groups excluding carboxylic acids is 1. The van der Waals surface area contributed by atoms with Gasteiger partial charge in [0.25, 0.3) is 5.89 Å². The van der Waals surface area contributed by atoms with Crippen molar-refractivity contribution in [3.8, 4) is 11.3 Å². The predicted molar refractivity (Wildman–Crippen MR) is 96.5 cm³/mol. The zero-order valence-electron chi connectivity index (χ0n) is 14.7. The quantitative estimate of drug-likeness (QED) is 0.895. The van der Waals surface area contributed by atoms with Gasteiger partial charge in [0.15, 0.2) is 5.76 Å². The molecular weight excluding hydrogens is 316 g/mol. The molecule has 4 heterocycles. The normalized spacial score (nSPS) is 27.9. The number of anilines is 1. The number of nitrogens with zero attached hydrogens (tertiary/aromatic N) is 2. The van der Waals surface area contributed by atoms with Gasteiger partial charge < -0.3 is 15.1 Å². The number of hydrogen-bond acceptors (Lipinski definition) is 5. The lowest BCUT2D eigenvalue weighted by Gasteiger charge is -2.49. The molecule has 3 fully saturated rings. The summed E-state index contributed by atoms with van der Waals surface area (Å²) in [6.45, 7) is 4.48. The fourth-order valence-corrected chi connectivity index (χ4v) is 4.18. The minimum absolute atomic E-state index is 0.129. The summed E-state index contributed by atoms with van der Waals surface area (Å²) >= 11 is 0. The van der Waals surface area contributed by atoms with Gasteiger partial charge in [0.05, 0.1) is 6.20 Å². The number of benzene rings is 1.